The van der Waals surface area contributed by atoms with Gasteiger partial charge in [0.25, 0.3) is 0 Å². The lowest BCUT2D eigenvalue weighted by molar-refractivity contribution is 0.0124. The number of amides is 4. The quantitative estimate of drug-likeness (QED) is 0.558. The van der Waals surface area contributed by atoms with E-state index in [1.807, 2.05) is 14.7 Å². The van der Waals surface area contributed by atoms with E-state index in [0.29, 0.717) is 0 Å². The number of hydrogen-bond acceptors (Lipinski definition) is 2. The standard InChI is InChI=1S/C20H38N4O2/c1-5-9-13-20-17(21-18(25)23(20)15-11-7-3)22(14-10-6-2)19(26)24(20)16-12-8-4/h17H,5-16H2,1-4H3,(H,21,25). The summed E-state index contributed by atoms with van der Waals surface area (Å²) >= 11 is 0. The zero-order valence-electron chi connectivity index (χ0n) is 17.2. The summed E-state index contributed by atoms with van der Waals surface area (Å²) in [5, 5.41) is 3.17. The van der Waals surface area contributed by atoms with Crippen molar-refractivity contribution in [2.45, 2.75) is 97.3 Å². The fourth-order valence-electron chi connectivity index (χ4n) is 4.30. The predicted molar refractivity (Wildman–Crippen MR) is 105 cm³/mol. The van der Waals surface area contributed by atoms with Crippen LogP contribution < -0.4 is 5.32 Å². The van der Waals surface area contributed by atoms with Crippen LogP contribution in [0.5, 0.6) is 0 Å². The van der Waals surface area contributed by atoms with Gasteiger partial charge in [-0.05, 0) is 32.1 Å². The minimum atomic E-state index is -0.512. The molecule has 2 rings (SSSR count). The fourth-order valence-corrected chi connectivity index (χ4v) is 4.30. The Balaban J connectivity index is 2.41. The first-order valence-electron chi connectivity index (χ1n) is 10.7. The third-order valence-corrected chi connectivity index (χ3v) is 5.79. The maximum absolute atomic E-state index is 13.3. The number of carbonyl (C=O) groups excluding carboxylic acids is 2. The van der Waals surface area contributed by atoms with Gasteiger partial charge in [-0.3, -0.25) is 14.7 Å². The van der Waals surface area contributed by atoms with Gasteiger partial charge in [-0.15, -0.1) is 0 Å². The zero-order valence-corrected chi connectivity index (χ0v) is 17.2. The van der Waals surface area contributed by atoms with Crippen LogP contribution in [-0.2, 0) is 0 Å². The maximum Gasteiger partial charge on any atom is 0.323 e. The van der Waals surface area contributed by atoms with Gasteiger partial charge >= 0.3 is 12.1 Å². The minimum Gasteiger partial charge on any atom is -0.314 e. The minimum absolute atomic E-state index is 0.00458. The highest BCUT2D eigenvalue weighted by Crippen LogP contribution is 2.43. The van der Waals surface area contributed by atoms with Crippen molar-refractivity contribution in [3.05, 3.63) is 0 Å². The van der Waals surface area contributed by atoms with Crippen LogP contribution in [0.15, 0.2) is 0 Å². The molecule has 0 aliphatic carbocycles. The Hall–Kier alpha value is -1.46. The topological polar surface area (TPSA) is 55.9 Å². The number of nitrogens with one attached hydrogen (secondary N) is 1. The summed E-state index contributed by atoms with van der Waals surface area (Å²) in [6.45, 7) is 10.8. The molecule has 0 saturated carbocycles. The number of fused-ring (bicyclic) bond motifs is 1. The third kappa shape index (κ3) is 3.65. The van der Waals surface area contributed by atoms with Crippen LogP contribution in [0.2, 0.25) is 0 Å². The van der Waals surface area contributed by atoms with Crippen LogP contribution in [0.3, 0.4) is 0 Å². The van der Waals surface area contributed by atoms with Gasteiger partial charge in [0.05, 0.1) is 0 Å². The molecule has 2 heterocycles. The Morgan fingerprint density at radius 3 is 1.92 bits per heavy atom. The summed E-state index contributed by atoms with van der Waals surface area (Å²) in [5.74, 6) is 0. The molecule has 2 saturated heterocycles. The number of nitrogens with zero attached hydrogens (tertiary/aromatic N) is 3. The van der Waals surface area contributed by atoms with Gasteiger partial charge in [0.1, 0.15) is 6.17 Å². The van der Waals surface area contributed by atoms with Gasteiger partial charge in [0.2, 0.25) is 0 Å². The van der Waals surface area contributed by atoms with E-state index in [9.17, 15) is 9.59 Å². The largest absolute Gasteiger partial charge is 0.323 e. The van der Waals surface area contributed by atoms with Crippen molar-refractivity contribution in [1.29, 1.82) is 0 Å². The van der Waals surface area contributed by atoms with E-state index >= 15 is 0 Å². The van der Waals surface area contributed by atoms with Crippen molar-refractivity contribution >= 4 is 12.1 Å². The Morgan fingerprint density at radius 1 is 0.808 bits per heavy atom. The van der Waals surface area contributed by atoms with Crippen molar-refractivity contribution in [1.82, 2.24) is 20.0 Å². The van der Waals surface area contributed by atoms with Gasteiger partial charge in [-0.2, -0.15) is 0 Å². The van der Waals surface area contributed by atoms with E-state index in [1.54, 1.807) is 0 Å². The number of hydrogen-bond donors (Lipinski definition) is 1. The molecule has 0 bridgehead atoms. The molecule has 2 atom stereocenters. The van der Waals surface area contributed by atoms with E-state index in [2.05, 4.69) is 33.0 Å². The van der Waals surface area contributed by atoms with Gasteiger partial charge in [-0.1, -0.05) is 53.4 Å². The van der Waals surface area contributed by atoms with E-state index in [4.69, 9.17) is 0 Å². The molecule has 2 aliphatic rings. The highest BCUT2D eigenvalue weighted by atomic mass is 16.2. The average molecular weight is 367 g/mol. The lowest BCUT2D eigenvalue weighted by Gasteiger charge is -2.42. The van der Waals surface area contributed by atoms with E-state index in [-0.39, 0.29) is 18.2 Å². The van der Waals surface area contributed by atoms with Crippen molar-refractivity contribution < 1.29 is 9.59 Å². The predicted octanol–water partition coefficient (Wildman–Crippen LogP) is 4.36. The van der Waals surface area contributed by atoms with E-state index < -0.39 is 5.66 Å². The molecule has 2 unspecified atom stereocenters. The lowest BCUT2D eigenvalue weighted by Crippen LogP contribution is -2.60. The molecule has 150 valence electrons. The smallest absolute Gasteiger partial charge is 0.314 e. The van der Waals surface area contributed by atoms with E-state index in [0.717, 1.165) is 77.4 Å². The first-order valence-corrected chi connectivity index (χ1v) is 10.7. The van der Waals surface area contributed by atoms with Crippen molar-refractivity contribution in [3.63, 3.8) is 0 Å². The summed E-state index contributed by atoms with van der Waals surface area (Å²) in [7, 11) is 0. The number of unbranched alkanes of at least 4 members (excludes halogenated alkanes) is 4. The molecule has 0 aromatic heterocycles. The van der Waals surface area contributed by atoms with E-state index in [1.165, 1.54) is 0 Å². The summed E-state index contributed by atoms with van der Waals surface area (Å²) < 4.78 is 0. The molecule has 4 amide bonds. The Bertz CT molecular complexity index is 484. The van der Waals surface area contributed by atoms with Crippen molar-refractivity contribution in [3.8, 4) is 0 Å². The Kier molecular flexibility index (Phi) is 7.59. The van der Waals surface area contributed by atoms with Crippen LogP contribution >= 0.6 is 0 Å². The van der Waals surface area contributed by atoms with Gasteiger partial charge in [-0.25, -0.2) is 9.59 Å². The second-order valence-electron chi connectivity index (χ2n) is 7.67. The molecule has 6 heteroatoms. The molecule has 0 aromatic rings. The maximum atomic E-state index is 13.3. The molecule has 0 spiro atoms. The van der Waals surface area contributed by atoms with Crippen LogP contribution in [0.25, 0.3) is 0 Å². The molecule has 26 heavy (non-hydrogen) atoms. The average Bonchev–Trinajstić information content (AvgIpc) is 3.02. The summed E-state index contributed by atoms with van der Waals surface area (Å²) in [4.78, 5) is 32.1. The fraction of sp³-hybridized carbons (Fsp3) is 0.900. The first kappa shape index (κ1) is 20.8. The second-order valence-corrected chi connectivity index (χ2v) is 7.67. The SMILES string of the molecule is CCCCN1C(=O)N(CCCC)C2(CCCC)C1NC(=O)N2CCCC. The molecule has 6 nitrogen and oxygen atoms in total. The van der Waals surface area contributed by atoms with Gasteiger partial charge < -0.3 is 5.32 Å². The van der Waals surface area contributed by atoms with Crippen LogP contribution in [0.4, 0.5) is 9.59 Å². The van der Waals surface area contributed by atoms with Gasteiger partial charge in [0.15, 0.2) is 5.66 Å². The van der Waals surface area contributed by atoms with Crippen LogP contribution in [0, 0.1) is 0 Å². The molecule has 1 N–H and O–H groups in total. The number of rotatable bonds is 12. The highest BCUT2D eigenvalue weighted by Gasteiger charge is 2.65. The number of urea groups is 2. The normalized spacial score (nSPS) is 25.2. The summed E-state index contributed by atoms with van der Waals surface area (Å²) in [5.41, 5.74) is -0.512. The lowest BCUT2D eigenvalue weighted by atomic mass is 9.97. The molecule has 0 aromatic carbocycles. The van der Waals surface area contributed by atoms with Crippen LogP contribution in [0.1, 0.15) is 85.5 Å². The zero-order chi connectivity index (χ0) is 19.2. The molecule has 2 aliphatic heterocycles. The highest BCUT2D eigenvalue weighted by molar-refractivity contribution is 5.86. The number of carbonyl (C=O) groups is 2. The van der Waals surface area contributed by atoms with Gasteiger partial charge in [0, 0.05) is 19.6 Å². The first-order chi connectivity index (χ1) is 12.6. The molecular weight excluding hydrogens is 328 g/mol. The van der Waals surface area contributed by atoms with Crippen LogP contribution in [-0.4, -0.2) is 58.2 Å². The van der Waals surface area contributed by atoms with Crippen molar-refractivity contribution in [2.75, 3.05) is 19.6 Å². The second kappa shape index (κ2) is 9.47. The third-order valence-electron chi connectivity index (χ3n) is 5.79. The molecular formula is C20H38N4O2. The monoisotopic (exact) mass is 366 g/mol. The molecule has 2 fully saturated rings. The summed E-state index contributed by atoms with van der Waals surface area (Å²) in [6, 6.07) is 0.101. The Morgan fingerprint density at radius 2 is 1.35 bits per heavy atom. The summed E-state index contributed by atoms with van der Waals surface area (Å²) in [6.07, 6.45) is 8.77. The van der Waals surface area contributed by atoms with Crippen molar-refractivity contribution in [2.24, 2.45) is 0 Å². The Labute approximate surface area is 159 Å². The molecule has 0 radical (unpaired) electrons.